The molecule has 0 aromatic rings. The summed E-state index contributed by atoms with van der Waals surface area (Å²) in [7, 11) is 3.34. The molecule has 0 aromatic carbocycles. The van der Waals surface area contributed by atoms with Gasteiger partial charge in [0.1, 0.15) is 0 Å². The second-order valence-electron chi connectivity index (χ2n) is 3.76. The zero-order chi connectivity index (χ0) is 11.4. The zero-order valence-electron chi connectivity index (χ0n) is 9.61. The molecule has 4 nitrogen and oxygen atoms in total. The smallest absolute Gasteiger partial charge is 0.275 e. The Kier molecular flexibility index (Phi) is 3.66. The highest BCUT2D eigenvalue weighted by molar-refractivity contribution is 6.24. The average molecular weight is 207 g/mol. The Morgan fingerprint density at radius 2 is 2.13 bits per heavy atom. The van der Waals surface area contributed by atoms with Gasteiger partial charge in [0.2, 0.25) is 0 Å². The molecule has 0 spiro atoms. The minimum absolute atomic E-state index is 0.0518. The minimum Gasteiger partial charge on any atom is -0.279 e. The van der Waals surface area contributed by atoms with Gasteiger partial charge in [0.05, 0.1) is 5.57 Å². The van der Waals surface area contributed by atoms with Gasteiger partial charge in [-0.1, -0.05) is 26.0 Å². The van der Waals surface area contributed by atoms with Gasteiger partial charge in [0.25, 0.3) is 5.91 Å². The van der Waals surface area contributed by atoms with Gasteiger partial charge in [-0.05, 0) is 12.0 Å². The molecule has 0 saturated carbocycles. The van der Waals surface area contributed by atoms with Crippen molar-refractivity contribution in [3.8, 4) is 0 Å². The van der Waals surface area contributed by atoms with Crippen molar-refractivity contribution >= 4 is 11.7 Å². The molecule has 0 unspecified atom stereocenters. The predicted octanol–water partition coefficient (Wildman–Crippen LogP) is 1.13. The van der Waals surface area contributed by atoms with E-state index in [2.05, 4.69) is 24.3 Å². The van der Waals surface area contributed by atoms with Gasteiger partial charge in [-0.15, -0.1) is 0 Å². The highest BCUT2D eigenvalue weighted by Gasteiger charge is 2.27. The summed E-state index contributed by atoms with van der Waals surface area (Å²) in [4.78, 5) is 15.6. The molecule has 0 radical (unpaired) electrons. The Labute approximate surface area is 90.3 Å². The number of hydrogen-bond donors (Lipinski definition) is 1. The SMILES string of the molecule is CN=C1NN(C)C(=O)/C1=C\C=C\C(C)C. The molecule has 0 aliphatic carbocycles. The third-order valence-corrected chi connectivity index (χ3v) is 2.05. The minimum atomic E-state index is -0.0518. The van der Waals surface area contributed by atoms with Crippen molar-refractivity contribution in [1.82, 2.24) is 10.4 Å². The molecule has 1 N–H and O–H groups in total. The first-order valence-corrected chi connectivity index (χ1v) is 4.96. The molecular weight excluding hydrogens is 190 g/mol. The number of nitrogens with zero attached hydrogens (tertiary/aromatic N) is 2. The second kappa shape index (κ2) is 4.77. The zero-order valence-corrected chi connectivity index (χ0v) is 9.61. The quantitative estimate of drug-likeness (QED) is 0.690. The van der Waals surface area contributed by atoms with Crippen LogP contribution in [0.3, 0.4) is 0 Å². The van der Waals surface area contributed by atoms with Crippen molar-refractivity contribution in [3.63, 3.8) is 0 Å². The molecule has 1 fully saturated rings. The third-order valence-electron chi connectivity index (χ3n) is 2.05. The number of rotatable bonds is 2. The van der Waals surface area contributed by atoms with Crippen LogP contribution in [0, 0.1) is 5.92 Å². The van der Waals surface area contributed by atoms with Gasteiger partial charge in [-0.3, -0.25) is 20.2 Å². The van der Waals surface area contributed by atoms with Crippen molar-refractivity contribution in [1.29, 1.82) is 0 Å². The van der Waals surface area contributed by atoms with Crippen LogP contribution in [0.4, 0.5) is 0 Å². The Morgan fingerprint density at radius 3 is 2.67 bits per heavy atom. The highest BCUT2D eigenvalue weighted by atomic mass is 16.2. The van der Waals surface area contributed by atoms with E-state index < -0.39 is 0 Å². The summed E-state index contributed by atoms with van der Waals surface area (Å²) < 4.78 is 0. The lowest BCUT2D eigenvalue weighted by Crippen LogP contribution is -2.31. The van der Waals surface area contributed by atoms with Gasteiger partial charge in [0, 0.05) is 14.1 Å². The van der Waals surface area contributed by atoms with Crippen LogP contribution in [-0.4, -0.2) is 30.8 Å². The summed E-state index contributed by atoms with van der Waals surface area (Å²) >= 11 is 0. The number of amidine groups is 1. The molecular formula is C11H17N3O. The van der Waals surface area contributed by atoms with E-state index in [0.717, 1.165) is 0 Å². The monoisotopic (exact) mass is 207 g/mol. The van der Waals surface area contributed by atoms with Crippen molar-refractivity contribution in [2.45, 2.75) is 13.8 Å². The molecule has 0 atom stereocenters. The molecule has 1 aliphatic heterocycles. The van der Waals surface area contributed by atoms with Crippen LogP contribution >= 0.6 is 0 Å². The summed E-state index contributed by atoms with van der Waals surface area (Å²) in [6, 6.07) is 0. The van der Waals surface area contributed by atoms with Gasteiger partial charge in [0.15, 0.2) is 5.84 Å². The van der Waals surface area contributed by atoms with Crippen molar-refractivity contribution in [3.05, 3.63) is 23.8 Å². The van der Waals surface area contributed by atoms with E-state index in [1.165, 1.54) is 5.01 Å². The number of nitrogens with one attached hydrogen (secondary N) is 1. The van der Waals surface area contributed by atoms with Gasteiger partial charge < -0.3 is 0 Å². The van der Waals surface area contributed by atoms with E-state index in [4.69, 9.17) is 0 Å². The molecule has 1 amide bonds. The van der Waals surface area contributed by atoms with Gasteiger partial charge in [-0.2, -0.15) is 0 Å². The number of carbonyl (C=O) groups is 1. The average Bonchev–Trinajstić information content (AvgIpc) is 2.44. The van der Waals surface area contributed by atoms with Gasteiger partial charge >= 0.3 is 0 Å². The van der Waals surface area contributed by atoms with E-state index in [1.807, 2.05) is 12.2 Å². The Morgan fingerprint density at radius 1 is 1.47 bits per heavy atom. The number of aliphatic imine (C=N–C) groups is 1. The molecule has 0 bridgehead atoms. The Bertz CT molecular complexity index is 340. The lowest BCUT2D eigenvalue weighted by molar-refractivity contribution is -0.125. The maximum Gasteiger partial charge on any atom is 0.275 e. The number of amides is 1. The van der Waals surface area contributed by atoms with Crippen LogP contribution < -0.4 is 5.43 Å². The largest absolute Gasteiger partial charge is 0.279 e. The summed E-state index contributed by atoms with van der Waals surface area (Å²) in [6.07, 6.45) is 5.72. The maximum absolute atomic E-state index is 11.6. The van der Waals surface area contributed by atoms with E-state index in [9.17, 15) is 4.79 Å². The molecule has 1 rings (SSSR count). The number of likely N-dealkylation sites (N-methyl/N-ethyl adjacent to an activating group) is 1. The lowest BCUT2D eigenvalue weighted by atomic mass is 10.1. The summed E-state index contributed by atoms with van der Waals surface area (Å²) in [5, 5.41) is 1.43. The topological polar surface area (TPSA) is 44.7 Å². The summed E-state index contributed by atoms with van der Waals surface area (Å²) in [6.45, 7) is 4.18. The van der Waals surface area contributed by atoms with Crippen molar-refractivity contribution in [2.75, 3.05) is 14.1 Å². The normalized spacial score (nSPS) is 22.5. The summed E-state index contributed by atoms with van der Waals surface area (Å²) in [5.74, 6) is 1.05. The van der Waals surface area contributed by atoms with E-state index in [0.29, 0.717) is 17.3 Å². The van der Waals surface area contributed by atoms with Crippen molar-refractivity contribution < 1.29 is 4.79 Å². The van der Waals surface area contributed by atoms with Crippen LogP contribution in [0.5, 0.6) is 0 Å². The molecule has 82 valence electrons. The van der Waals surface area contributed by atoms with Crippen LogP contribution in [0.25, 0.3) is 0 Å². The first-order valence-electron chi connectivity index (χ1n) is 4.96. The fourth-order valence-corrected chi connectivity index (χ4v) is 1.25. The molecule has 15 heavy (non-hydrogen) atoms. The molecule has 4 heteroatoms. The van der Waals surface area contributed by atoms with E-state index in [1.54, 1.807) is 20.2 Å². The maximum atomic E-state index is 11.6. The first-order chi connectivity index (χ1) is 7.06. The number of allylic oxidation sites excluding steroid dienone is 3. The number of hydrazine groups is 1. The number of carbonyl (C=O) groups excluding carboxylic acids is 1. The standard InChI is InChI=1S/C11H17N3O/c1-8(2)6-5-7-9-10(12-3)13-14(4)11(9)15/h5-8H,1-4H3,(H,12,13)/b6-5+,9-7-. The van der Waals surface area contributed by atoms with Crippen LogP contribution in [0.1, 0.15) is 13.8 Å². The summed E-state index contributed by atoms with van der Waals surface area (Å²) in [5.41, 5.74) is 3.48. The number of hydrogen-bond acceptors (Lipinski definition) is 2. The van der Waals surface area contributed by atoms with E-state index in [-0.39, 0.29) is 5.91 Å². The van der Waals surface area contributed by atoms with Crippen LogP contribution in [-0.2, 0) is 4.79 Å². The fourth-order valence-electron chi connectivity index (χ4n) is 1.25. The second-order valence-corrected chi connectivity index (χ2v) is 3.76. The Balaban J connectivity index is 2.88. The lowest BCUT2D eigenvalue weighted by Gasteiger charge is -2.05. The van der Waals surface area contributed by atoms with Crippen LogP contribution in [0.2, 0.25) is 0 Å². The van der Waals surface area contributed by atoms with Crippen molar-refractivity contribution in [2.24, 2.45) is 10.9 Å². The Hall–Kier alpha value is -1.58. The molecule has 1 saturated heterocycles. The van der Waals surface area contributed by atoms with E-state index >= 15 is 0 Å². The molecule has 1 aliphatic rings. The predicted molar refractivity (Wildman–Crippen MR) is 61.3 cm³/mol. The third kappa shape index (κ3) is 2.68. The molecule has 0 aromatic heterocycles. The molecule has 1 heterocycles. The van der Waals surface area contributed by atoms with Crippen LogP contribution in [0.15, 0.2) is 28.8 Å². The van der Waals surface area contributed by atoms with Gasteiger partial charge in [-0.25, -0.2) is 0 Å². The highest BCUT2D eigenvalue weighted by Crippen LogP contribution is 2.09. The fraction of sp³-hybridized carbons (Fsp3) is 0.455. The first kappa shape index (κ1) is 11.5.